The van der Waals surface area contributed by atoms with Crippen LogP contribution in [0.5, 0.6) is 0 Å². The number of nitrogens with zero attached hydrogens (tertiary/aromatic N) is 2. The van der Waals surface area contributed by atoms with E-state index in [4.69, 9.17) is 11.6 Å². The van der Waals surface area contributed by atoms with Crippen LogP contribution in [-0.2, 0) is 6.18 Å². The maximum Gasteiger partial charge on any atom is 0.417 e. The van der Waals surface area contributed by atoms with E-state index in [0.29, 0.717) is 17.9 Å². The molecule has 1 saturated carbocycles. The lowest BCUT2D eigenvalue weighted by molar-refractivity contribution is -0.137. The van der Waals surface area contributed by atoms with Crippen molar-refractivity contribution in [3.05, 3.63) is 22.8 Å². The lowest BCUT2D eigenvalue weighted by atomic mass is 10.2. The summed E-state index contributed by atoms with van der Waals surface area (Å²) in [6, 6.07) is 2.28. The summed E-state index contributed by atoms with van der Waals surface area (Å²) >= 11 is 5.92. The smallest absolute Gasteiger partial charge is 0.365 e. The second-order valence-electron chi connectivity index (χ2n) is 5.91. The van der Waals surface area contributed by atoms with Crippen molar-refractivity contribution in [2.75, 3.05) is 11.9 Å². The van der Waals surface area contributed by atoms with Gasteiger partial charge in [-0.1, -0.05) is 11.6 Å². The zero-order chi connectivity index (χ0) is 15.2. The lowest BCUT2D eigenvalue weighted by Crippen LogP contribution is -2.31. The summed E-state index contributed by atoms with van der Waals surface area (Å²) in [6.07, 6.45) is -0.146. The highest BCUT2D eigenvalue weighted by atomic mass is 35.5. The van der Waals surface area contributed by atoms with E-state index in [1.165, 1.54) is 12.8 Å². The zero-order valence-corrected chi connectivity index (χ0v) is 12.4. The molecule has 3 nitrogen and oxygen atoms in total. The fourth-order valence-corrected chi connectivity index (χ4v) is 3.19. The average Bonchev–Trinajstić information content (AvgIpc) is 3.15. The van der Waals surface area contributed by atoms with Gasteiger partial charge in [-0.2, -0.15) is 13.2 Å². The van der Waals surface area contributed by atoms with Gasteiger partial charge in [0.15, 0.2) is 0 Å². The van der Waals surface area contributed by atoms with Gasteiger partial charge in [0, 0.05) is 30.9 Å². The quantitative estimate of drug-likeness (QED) is 0.918. The number of likely N-dealkylation sites (tertiary alicyclic amines) is 1. The van der Waals surface area contributed by atoms with E-state index < -0.39 is 11.7 Å². The number of nitrogens with one attached hydrogen (secondary N) is 1. The van der Waals surface area contributed by atoms with Crippen molar-refractivity contribution in [1.82, 2.24) is 9.88 Å². The second kappa shape index (κ2) is 5.32. The van der Waals surface area contributed by atoms with Crippen LogP contribution in [0.25, 0.3) is 0 Å². The number of pyridine rings is 1. The largest absolute Gasteiger partial charge is 0.417 e. The molecule has 1 saturated heterocycles. The summed E-state index contributed by atoms with van der Waals surface area (Å²) in [5.74, 6) is 0.333. The predicted octanol–water partition coefficient (Wildman–Crippen LogP) is 3.79. The van der Waals surface area contributed by atoms with Gasteiger partial charge in [-0.3, -0.25) is 4.90 Å². The summed E-state index contributed by atoms with van der Waals surface area (Å²) in [7, 11) is 0. The van der Waals surface area contributed by atoms with E-state index in [1.54, 1.807) is 0 Å². The second-order valence-corrected chi connectivity index (χ2v) is 6.31. The van der Waals surface area contributed by atoms with Gasteiger partial charge in [0.1, 0.15) is 5.82 Å². The van der Waals surface area contributed by atoms with Crippen LogP contribution in [0.3, 0.4) is 0 Å². The third kappa shape index (κ3) is 3.26. The lowest BCUT2D eigenvalue weighted by Gasteiger charge is -2.20. The minimum Gasteiger partial charge on any atom is -0.365 e. The molecule has 0 amide bonds. The number of rotatable bonds is 3. The maximum atomic E-state index is 12.6. The van der Waals surface area contributed by atoms with Crippen LogP contribution in [0.2, 0.25) is 5.02 Å². The number of anilines is 1. The van der Waals surface area contributed by atoms with Crippen molar-refractivity contribution >= 4 is 17.4 Å². The molecule has 21 heavy (non-hydrogen) atoms. The maximum absolute atomic E-state index is 12.6. The Morgan fingerprint density at radius 2 is 2.10 bits per heavy atom. The Bertz CT molecular complexity index is 531. The van der Waals surface area contributed by atoms with Gasteiger partial charge >= 0.3 is 6.18 Å². The van der Waals surface area contributed by atoms with E-state index in [-0.39, 0.29) is 11.1 Å². The van der Waals surface area contributed by atoms with Gasteiger partial charge in [-0.05, 0) is 32.3 Å². The molecule has 7 heteroatoms. The highest BCUT2D eigenvalue weighted by molar-refractivity contribution is 6.33. The van der Waals surface area contributed by atoms with Gasteiger partial charge in [0.2, 0.25) is 0 Å². The van der Waals surface area contributed by atoms with Crippen LogP contribution in [0.1, 0.15) is 31.7 Å². The topological polar surface area (TPSA) is 28.2 Å². The summed E-state index contributed by atoms with van der Waals surface area (Å²) in [5, 5.41) is 3.19. The molecule has 0 bridgehead atoms. The molecule has 2 atom stereocenters. The number of alkyl halides is 3. The van der Waals surface area contributed by atoms with E-state index in [9.17, 15) is 13.2 Å². The Morgan fingerprint density at radius 1 is 1.38 bits per heavy atom. The Labute approximate surface area is 126 Å². The molecular formula is C14H17ClF3N3. The molecule has 2 heterocycles. The number of hydrogen-bond acceptors (Lipinski definition) is 3. The van der Waals surface area contributed by atoms with Crippen LogP contribution in [0.4, 0.5) is 19.0 Å². The molecule has 116 valence electrons. The SMILES string of the molecule is CC1CC(Nc2ncc(C(F)(F)F)cc2Cl)CN1C1CC1. The van der Waals surface area contributed by atoms with Crippen molar-refractivity contribution in [3.8, 4) is 0 Å². The highest BCUT2D eigenvalue weighted by Crippen LogP contribution is 2.35. The van der Waals surface area contributed by atoms with Crippen molar-refractivity contribution in [1.29, 1.82) is 0 Å². The molecule has 3 rings (SSSR count). The van der Waals surface area contributed by atoms with E-state index >= 15 is 0 Å². The third-order valence-electron chi connectivity index (χ3n) is 4.15. The Balaban J connectivity index is 1.68. The fourth-order valence-electron chi connectivity index (χ4n) is 2.97. The molecule has 2 fully saturated rings. The number of hydrogen-bond donors (Lipinski definition) is 1. The number of aromatic nitrogens is 1. The molecule has 2 unspecified atom stereocenters. The van der Waals surface area contributed by atoms with Crippen molar-refractivity contribution in [3.63, 3.8) is 0 Å². The minimum atomic E-state index is -4.42. The van der Waals surface area contributed by atoms with Gasteiger partial charge < -0.3 is 5.32 Å². The number of halogens is 4. The minimum absolute atomic E-state index is 0.0161. The highest BCUT2D eigenvalue weighted by Gasteiger charge is 2.39. The summed E-state index contributed by atoms with van der Waals surface area (Å²) < 4.78 is 37.7. The molecule has 1 N–H and O–H groups in total. The molecule has 1 aromatic heterocycles. The van der Waals surface area contributed by atoms with Gasteiger partial charge in [-0.15, -0.1) is 0 Å². The molecule has 2 aliphatic rings. The molecule has 0 radical (unpaired) electrons. The Morgan fingerprint density at radius 3 is 2.67 bits per heavy atom. The van der Waals surface area contributed by atoms with Crippen molar-refractivity contribution < 1.29 is 13.2 Å². The van der Waals surface area contributed by atoms with Gasteiger partial charge in [0.05, 0.1) is 10.6 Å². The first-order chi connectivity index (χ1) is 9.84. The zero-order valence-electron chi connectivity index (χ0n) is 11.6. The molecular weight excluding hydrogens is 303 g/mol. The Kier molecular flexibility index (Phi) is 3.78. The Hall–Kier alpha value is -1.01. The van der Waals surface area contributed by atoms with Crippen LogP contribution in [-0.4, -0.2) is 34.6 Å². The summed E-state index contributed by atoms with van der Waals surface area (Å²) in [6.45, 7) is 3.08. The molecule has 1 aliphatic heterocycles. The van der Waals surface area contributed by atoms with Gasteiger partial charge in [0.25, 0.3) is 0 Å². The normalized spacial score (nSPS) is 27.1. The van der Waals surface area contributed by atoms with Crippen LogP contribution in [0.15, 0.2) is 12.3 Å². The first kappa shape index (κ1) is 14.9. The van der Waals surface area contributed by atoms with Crippen LogP contribution >= 0.6 is 11.6 Å². The van der Waals surface area contributed by atoms with Crippen LogP contribution in [0, 0.1) is 0 Å². The monoisotopic (exact) mass is 319 g/mol. The molecule has 0 spiro atoms. The van der Waals surface area contributed by atoms with E-state index in [1.807, 2.05) is 0 Å². The first-order valence-electron chi connectivity index (χ1n) is 7.09. The molecule has 0 aromatic carbocycles. The third-order valence-corrected chi connectivity index (χ3v) is 4.44. The summed E-state index contributed by atoms with van der Waals surface area (Å²) in [4.78, 5) is 6.29. The van der Waals surface area contributed by atoms with Crippen molar-refractivity contribution in [2.45, 2.75) is 50.5 Å². The first-order valence-corrected chi connectivity index (χ1v) is 7.47. The average molecular weight is 320 g/mol. The van der Waals surface area contributed by atoms with Gasteiger partial charge in [-0.25, -0.2) is 4.98 Å². The molecule has 1 aromatic rings. The van der Waals surface area contributed by atoms with E-state index in [2.05, 4.69) is 22.1 Å². The fraction of sp³-hybridized carbons (Fsp3) is 0.643. The standard InChI is InChI=1S/C14H17ClF3N3/c1-8-4-10(7-21(8)11-2-3-11)20-13-12(15)5-9(6-19-13)14(16,17)18/h5-6,8,10-11H,2-4,7H2,1H3,(H,19,20). The van der Waals surface area contributed by atoms with E-state index in [0.717, 1.165) is 25.2 Å². The predicted molar refractivity (Wildman–Crippen MR) is 75.5 cm³/mol. The van der Waals surface area contributed by atoms with Crippen LogP contribution < -0.4 is 5.32 Å². The van der Waals surface area contributed by atoms with Crippen molar-refractivity contribution in [2.24, 2.45) is 0 Å². The molecule has 1 aliphatic carbocycles. The summed E-state index contributed by atoms with van der Waals surface area (Å²) in [5.41, 5.74) is -0.822.